The van der Waals surface area contributed by atoms with Crippen molar-refractivity contribution in [1.82, 2.24) is 0 Å². The van der Waals surface area contributed by atoms with E-state index in [9.17, 15) is 0 Å². The Bertz CT molecular complexity index is 274. The molecule has 0 N–H and O–H groups in total. The number of hydrogen-bond acceptors (Lipinski definition) is 1. The monoisotopic (exact) mass is 189 g/mol. The topological polar surface area (TPSA) is 23.8 Å². The molecule has 1 nitrogen and oxygen atoms in total. The SMILES string of the molecule is CC(C)=CCCC1=CCCC(C#N)C1. The van der Waals surface area contributed by atoms with Crippen molar-refractivity contribution in [3.63, 3.8) is 0 Å². The van der Waals surface area contributed by atoms with Crippen molar-refractivity contribution in [1.29, 1.82) is 5.26 Å². The first kappa shape index (κ1) is 11.0. The summed E-state index contributed by atoms with van der Waals surface area (Å²) in [7, 11) is 0. The van der Waals surface area contributed by atoms with Crippen LogP contribution in [-0.2, 0) is 0 Å². The van der Waals surface area contributed by atoms with Crippen LogP contribution in [0.4, 0.5) is 0 Å². The standard InChI is InChI=1S/C13H19N/c1-11(2)5-3-6-12-7-4-8-13(9-12)10-14/h5,7,13H,3-4,6,8-9H2,1-2H3. The molecular weight excluding hydrogens is 170 g/mol. The molecule has 0 heterocycles. The summed E-state index contributed by atoms with van der Waals surface area (Å²) in [6.07, 6.45) is 10.0. The summed E-state index contributed by atoms with van der Waals surface area (Å²) >= 11 is 0. The van der Waals surface area contributed by atoms with Gasteiger partial charge in [-0.3, -0.25) is 0 Å². The van der Waals surface area contributed by atoms with Gasteiger partial charge in [-0.1, -0.05) is 23.3 Å². The lowest BCUT2D eigenvalue weighted by Gasteiger charge is -2.16. The second kappa shape index (κ2) is 5.65. The molecule has 0 aromatic heterocycles. The molecule has 0 amide bonds. The maximum Gasteiger partial charge on any atom is 0.0659 e. The maximum absolute atomic E-state index is 8.83. The van der Waals surface area contributed by atoms with E-state index in [1.807, 2.05) is 0 Å². The molecule has 0 fully saturated rings. The molecular formula is C13H19N. The molecule has 0 radical (unpaired) electrons. The Labute approximate surface area is 87.1 Å². The highest BCUT2D eigenvalue weighted by molar-refractivity contribution is 5.11. The Hall–Kier alpha value is -1.03. The van der Waals surface area contributed by atoms with Crippen molar-refractivity contribution >= 4 is 0 Å². The third kappa shape index (κ3) is 3.79. The van der Waals surface area contributed by atoms with Crippen molar-refractivity contribution in [3.8, 4) is 6.07 Å². The average Bonchev–Trinajstić information content (AvgIpc) is 2.18. The fourth-order valence-electron chi connectivity index (χ4n) is 1.85. The van der Waals surface area contributed by atoms with Crippen LogP contribution >= 0.6 is 0 Å². The fraction of sp³-hybridized carbons (Fsp3) is 0.615. The summed E-state index contributed by atoms with van der Waals surface area (Å²) in [5.41, 5.74) is 2.87. The van der Waals surface area contributed by atoms with E-state index in [2.05, 4.69) is 32.1 Å². The molecule has 76 valence electrons. The first-order valence-electron chi connectivity index (χ1n) is 5.43. The van der Waals surface area contributed by atoms with Crippen LogP contribution in [0.15, 0.2) is 23.3 Å². The largest absolute Gasteiger partial charge is 0.198 e. The van der Waals surface area contributed by atoms with Crippen LogP contribution < -0.4 is 0 Å². The summed E-state index contributed by atoms with van der Waals surface area (Å²) in [6.45, 7) is 4.26. The smallest absolute Gasteiger partial charge is 0.0659 e. The Morgan fingerprint density at radius 1 is 1.64 bits per heavy atom. The number of nitrogens with zero attached hydrogens (tertiary/aromatic N) is 1. The molecule has 0 saturated heterocycles. The van der Waals surface area contributed by atoms with Gasteiger partial charge >= 0.3 is 0 Å². The lowest BCUT2D eigenvalue weighted by molar-refractivity contribution is 0.561. The van der Waals surface area contributed by atoms with Gasteiger partial charge in [-0.25, -0.2) is 0 Å². The maximum atomic E-state index is 8.83. The summed E-state index contributed by atoms with van der Waals surface area (Å²) in [5, 5.41) is 8.83. The van der Waals surface area contributed by atoms with Gasteiger partial charge in [0.15, 0.2) is 0 Å². The predicted octanol–water partition coefficient (Wildman–Crippen LogP) is 3.98. The fourth-order valence-corrected chi connectivity index (χ4v) is 1.85. The highest BCUT2D eigenvalue weighted by atomic mass is 14.3. The summed E-state index contributed by atoms with van der Waals surface area (Å²) in [5.74, 6) is 0.279. The first-order chi connectivity index (χ1) is 6.72. The summed E-state index contributed by atoms with van der Waals surface area (Å²) in [6, 6.07) is 2.38. The lowest BCUT2D eigenvalue weighted by Crippen LogP contribution is -2.04. The zero-order valence-electron chi connectivity index (χ0n) is 9.21. The normalized spacial score (nSPS) is 20.9. The highest BCUT2D eigenvalue weighted by Gasteiger charge is 2.13. The first-order valence-corrected chi connectivity index (χ1v) is 5.43. The van der Waals surface area contributed by atoms with Gasteiger partial charge in [-0.15, -0.1) is 0 Å². The molecule has 0 spiro atoms. The Morgan fingerprint density at radius 3 is 3.07 bits per heavy atom. The predicted molar refractivity (Wildman–Crippen MR) is 59.7 cm³/mol. The zero-order valence-corrected chi connectivity index (χ0v) is 9.21. The van der Waals surface area contributed by atoms with Gasteiger partial charge in [-0.05, 0) is 46.0 Å². The van der Waals surface area contributed by atoms with Crippen molar-refractivity contribution in [2.75, 3.05) is 0 Å². The van der Waals surface area contributed by atoms with Gasteiger partial charge in [0.05, 0.1) is 12.0 Å². The Balaban J connectivity index is 2.35. The van der Waals surface area contributed by atoms with Gasteiger partial charge < -0.3 is 0 Å². The molecule has 0 bridgehead atoms. The van der Waals surface area contributed by atoms with E-state index in [0.717, 1.165) is 32.1 Å². The van der Waals surface area contributed by atoms with Crippen molar-refractivity contribution in [2.45, 2.75) is 46.0 Å². The molecule has 1 unspecified atom stereocenters. The minimum atomic E-state index is 0.279. The van der Waals surface area contributed by atoms with Gasteiger partial charge in [0, 0.05) is 0 Å². The van der Waals surface area contributed by atoms with Crippen LogP contribution in [0.5, 0.6) is 0 Å². The van der Waals surface area contributed by atoms with Crippen molar-refractivity contribution in [3.05, 3.63) is 23.3 Å². The van der Waals surface area contributed by atoms with Crippen LogP contribution in [0.3, 0.4) is 0 Å². The van der Waals surface area contributed by atoms with Gasteiger partial charge in [0.2, 0.25) is 0 Å². The number of nitriles is 1. The summed E-state index contributed by atoms with van der Waals surface area (Å²) in [4.78, 5) is 0. The molecule has 0 aromatic carbocycles. The molecule has 1 heteroatoms. The second-order valence-electron chi connectivity index (χ2n) is 4.29. The van der Waals surface area contributed by atoms with Crippen LogP contribution in [-0.4, -0.2) is 0 Å². The molecule has 0 aromatic rings. The van der Waals surface area contributed by atoms with Crippen LogP contribution in [0, 0.1) is 17.2 Å². The minimum Gasteiger partial charge on any atom is -0.198 e. The number of hydrogen-bond donors (Lipinski definition) is 0. The summed E-state index contributed by atoms with van der Waals surface area (Å²) < 4.78 is 0. The van der Waals surface area contributed by atoms with Crippen LogP contribution in [0.25, 0.3) is 0 Å². The Morgan fingerprint density at radius 2 is 2.43 bits per heavy atom. The van der Waals surface area contributed by atoms with Crippen LogP contribution in [0.2, 0.25) is 0 Å². The van der Waals surface area contributed by atoms with Crippen molar-refractivity contribution in [2.24, 2.45) is 5.92 Å². The van der Waals surface area contributed by atoms with Gasteiger partial charge in [0.1, 0.15) is 0 Å². The van der Waals surface area contributed by atoms with Crippen molar-refractivity contribution < 1.29 is 0 Å². The average molecular weight is 189 g/mol. The minimum absolute atomic E-state index is 0.279. The van der Waals surface area contributed by atoms with Crippen LogP contribution in [0.1, 0.15) is 46.0 Å². The van der Waals surface area contributed by atoms with E-state index < -0.39 is 0 Å². The molecule has 14 heavy (non-hydrogen) atoms. The Kier molecular flexibility index (Phi) is 4.46. The van der Waals surface area contributed by atoms with Gasteiger partial charge in [0.25, 0.3) is 0 Å². The highest BCUT2D eigenvalue weighted by Crippen LogP contribution is 2.26. The molecule has 0 aliphatic heterocycles. The molecule has 1 aliphatic carbocycles. The quantitative estimate of drug-likeness (QED) is 0.616. The van der Waals surface area contributed by atoms with E-state index in [0.29, 0.717) is 0 Å². The molecule has 1 atom stereocenters. The number of allylic oxidation sites excluding steroid dienone is 4. The molecule has 1 rings (SSSR count). The van der Waals surface area contributed by atoms with E-state index in [4.69, 9.17) is 5.26 Å². The third-order valence-corrected chi connectivity index (χ3v) is 2.66. The third-order valence-electron chi connectivity index (χ3n) is 2.66. The van der Waals surface area contributed by atoms with E-state index >= 15 is 0 Å². The molecule has 0 saturated carbocycles. The van der Waals surface area contributed by atoms with Gasteiger partial charge in [-0.2, -0.15) is 5.26 Å². The lowest BCUT2D eigenvalue weighted by atomic mass is 9.88. The van der Waals surface area contributed by atoms with E-state index in [-0.39, 0.29) is 5.92 Å². The molecule has 1 aliphatic rings. The van der Waals surface area contributed by atoms with E-state index in [1.165, 1.54) is 11.1 Å². The second-order valence-corrected chi connectivity index (χ2v) is 4.29. The zero-order chi connectivity index (χ0) is 10.4. The van der Waals surface area contributed by atoms with E-state index in [1.54, 1.807) is 0 Å². The number of rotatable bonds is 3.